The van der Waals surface area contributed by atoms with E-state index >= 15 is 0 Å². The standard InChI is InChI=1S/C17H19NO3S.C3H3NO2S/c19-16-15(22-17(20)18-16)10-12-6-8-14(9-7-12)21-11-13-4-2-1-3-5-13;5-2-1-7-3(6)4-2/h6-10,13H,1-5,11H2,(H,18,19,20);1H2,(H,4,5,6). The first-order valence-electron chi connectivity index (χ1n) is 9.44. The van der Waals surface area contributed by atoms with Crippen molar-refractivity contribution < 1.29 is 23.9 Å². The molecule has 4 amide bonds. The quantitative estimate of drug-likeness (QED) is 0.692. The minimum absolute atomic E-state index is 0.185. The van der Waals surface area contributed by atoms with Crippen LogP contribution in [0.4, 0.5) is 9.59 Å². The Labute approximate surface area is 177 Å². The van der Waals surface area contributed by atoms with Crippen LogP contribution in [0.3, 0.4) is 0 Å². The molecule has 2 aliphatic heterocycles. The number of imide groups is 2. The van der Waals surface area contributed by atoms with Gasteiger partial charge in [0, 0.05) is 0 Å². The van der Waals surface area contributed by atoms with Gasteiger partial charge in [-0.25, -0.2) is 0 Å². The van der Waals surface area contributed by atoms with E-state index in [1.54, 1.807) is 6.08 Å². The number of thioether (sulfide) groups is 2. The fourth-order valence-corrected chi connectivity index (χ4v) is 4.32. The summed E-state index contributed by atoms with van der Waals surface area (Å²) in [6, 6.07) is 7.63. The normalized spacial score (nSPS) is 20.9. The summed E-state index contributed by atoms with van der Waals surface area (Å²) in [6.07, 6.45) is 8.25. The summed E-state index contributed by atoms with van der Waals surface area (Å²) in [5.41, 5.74) is 0.886. The Balaban J connectivity index is 0.000000290. The Kier molecular flexibility index (Phi) is 7.76. The Morgan fingerprint density at radius 2 is 1.69 bits per heavy atom. The number of carbonyl (C=O) groups excluding carboxylic acids is 4. The van der Waals surface area contributed by atoms with Gasteiger partial charge in [-0.05, 0) is 54.3 Å². The highest BCUT2D eigenvalue weighted by Crippen LogP contribution is 2.27. The van der Waals surface area contributed by atoms with E-state index in [9.17, 15) is 19.2 Å². The molecule has 1 aromatic rings. The van der Waals surface area contributed by atoms with Crippen molar-refractivity contribution in [3.63, 3.8) is 0 Å². The van der Waals surface area contributed by atoms with Crippen molar-refractivity contribution in [2.75, 3.05) is 12.4 Å². The molecular weight excluding hydrogens is 412 g/mol. The van der Waals surface area contributed by atoms with Crippen LogP contribution in [0.25, 0.3) is 6.08 Å². The third kappa shape index (κ3) is 6.93. The largest absolute Gasteiger partial charge is 0.493 e. The zero-order chi connectivity index (χ0) is 20.6. The Morgan fingerprint density at radius 3 is 2.21 bits per heavy atom. The molecule has 3 aliphatic rings. The lowest BCUT2D eigenvalue weighted by atomic mass is 9.90. The topological polar surface area (TPSA) is 102 Å². The van der Waals surface area contributed by atoms with Gasteiger partial charge in [0.1, 0.15) is 5.75 Å². The summed E-state index contributed by atoms with van der Waals surface area (Å²) in [6.45, 7) is 0.785. The number of nitrogens with one attached hydrogen (secondary N) is 2. The maximum atomic E-state index is 11.5. The zero-order valence-electron chi connectivity index (χ0n) is 15.8. The van der Waals surface area contributed by atoms with Gasteiger partial charge in [-0.15, -0.1) is 0 Å². The van der Waals surface area contributed by atoms with E-state index in [2.05, 4.69) is 10.6 Å². The minimum Gasteiger partial charge on any atom is -0.493 e. The molecule has 7 nitrogen and oxygen atoms in total. The van der Waals surface area contributed by atoms with Crippen LogP contribution in [0.2, 0.25) is 0 Å². The predicted molar refractivity (Wildman–Crippen MR) is 114 cm³/mol. The molecule has 1 aromatic carbocycles. The summed E-state index contributed by atoms with van der Waals surface area (Å²) in [5.74, 6) is 1.31. The van der Waals surface area contributed by atoms with Crippen molar-refractivity contribution in [2.45, 2.75) is 32.1 Å². The van der Waals surface area contributed by atoms with Gasteiger partial charge in [-0.2, -0.15) is 0 Å². The molecule has 0 unspecified atom stereocenters. The van der Waals surface area contributed by atoms with E-state index in [1.807, 2.05) is 24.3 Å². The number of hydrogen-bond donors (Lipinski definition) is 2. The molecule has 1 saturated carbocycles. The van der Waals surface area contributed by atoms with Crippen molar-refractivity contribution in [2.24, 2.45) is 5.92 Å². The molecular formula is C20H22N2O5S2. The molecule has 0 bridgehead atoms. The lowest BCUT2D eigenvalue weighted by Crippen LogP contribution is -2.18. The number of benzene rings is 1. The molecule has 29 heavy (non-hydrogen) atoms. The van der Waals surface area contributed by atoms with Crippen LogP contribution in [-0.4, -0.2) is 34.7 Å². The first kappa shape index (κ1) is 21.4. The van der Waals surface area contributed by atoms with Gasteiger partial charge < -0.3 is 4.74 Å². The van der Waals surface area contributed by atoms with Crippen molar-refractivity contribution in [3.05, 3.63) is 34.7 Å². The van der Waals surface area contributed by atoms with E-state index in [-0.39, 0.29) is 22.3 Å². The monoisotopic (exact) mass is 434 g/mol. The van der Waals surface area contributed by atoms with Gasteiger partial charge in [0.25, 0.3) is 16.4 Å². The molecule has 4 rings (SSSR count). The highest BCUT2D eigenvalue weighted by atomic mass is 32.2. The third-order valence-electron chi connectivity index (χ3n) is 4.61. The average Bonchev–Trinajstić information content (AvgIpc) is 3.25. The lowest BCUT2D eigenvalue weighted by Gasteiger charge is -2.21. The van der Waals surface area contributed by atoms with Crippen LogP contribution < -0.4 is 15.4 Å². The van der Waals surface area contributed by atoms with E-state index in [0.29, 0.717) is 16.6 Å². The van der Waals surface area contributed by atoms with Crippen LogP contribution in [0.1, 0.15) is 37.7 Å². The number of carbonyl (C=O) groups is 4. The van der Waals surface area contributed by atoms with Crippen LogP contribution in [0, 0.1) is 5.92 Å². The molecule has 0 spiro atoms. The SMILES string of the molecule is O=C1CSC(=O)N1.O=C1NC(=O)C(=Cc2ccc(OCC3CCCCC3)cc2)S1. The Morgan fingerprint density at radius 1 is 0.966 bits per heavy atom. The Bertz CT molecular complexity index is 803. The molecule has 2 saturated heterocycles. The maximum absolute atomic E-state index is 11.5. The zero-order valence-corrected chi connectivity index (χ0v) is 17.4. The van der Waals surface area contributed by atoms with Crippen LogP contribution >= 0.6 is 23.5 Å². The predicted octanol–water partition coefficient (Wildman–Crippen LogP) is 3.94. The minimum atomic E-state index is -0.326. The lowest BCUT2D eigenvalue weighted by molar-refractivity contribution is -0.117. The summed E-state index contributed by atoms with van der Waals surface area (Å²) < 4.78 is 5.85. The number of hydrogen-bond acceptors (Lipinski definition) is 7. The summed E-state index contributed by atoms with van der Waals surface area (Å²) in [4.78, 5) is 43.2. The van der Waals surface area contributed by atoms with E-state index in [4.69, 9.17) is 4.74 Å². The second-order valence-electron chi connectivity index (χ2n) is 6.86. The number of ether oxygens (including phenoxy) is 1. The highest BCUT2D eigenvalue weighted by Gasteiger charge is 2.24. The smallest absolute Gasteiger partial charge is 0.290 e. The molecule has 9 heteroatoms. The fourth-order valence-electron chi connectivity index (χ4n) is 3.12. The van der Waals surface area contributed by atoms with Crippen LogP contribution in [-0.2, 0) is 9.59 Å². The molecule has 154 valence electrons. The van der Waals surface area contributed by atoms with Gasteiger partial charge in [-0.1, -0.05) is 43.2 Å². The summed E-state index contributed by atoms with van der Waals surface area (Å²) in [7, 11) is 0. The van der Waals surface area contributed by atoms with E-state index in [1.165, 1.54) is 32.1 Å². The van der Waals surface area contributed by atoms with Gasteiger partial charge >= 0.3 is 0 Å². The van der Waals surface area contributed by atoms with E-state index < -0.39 is 0 Å². The molecule has 3 fully saturated rings. The van der Waals surface area contributed by atoms with Gasteiger partial charge in [-0.3, -0.25) is 29.8 Å². The van der Waals surface area contributed by atoms with Crippen molar-refractivity contribution >= 4 is 51.9 Å². The average molecular weight is 435 g/mol. The van der Waals surface area contributed by atoms with Crippen LogP contribution in [0.5, 0.6) is 5.75 Å². The highest BCUT2D eigenvalue weighted by molar-refractivity contribution is 8.18. The second kappa shape index (κ2) is 10.5. The fraction of sp³-hybridized carbons (Fsp3) is 0.400. The third-order valence-corrected chi connectivity index (χ3v) is 6.19. The molecule has 0 atom stereocenters. The van der Waals surface area contributed by atoms with E-state index in [0.717, 1.165) is 41.4 Å². The first-order valence-corrected chi connectivity index (χ1v) is 11.2. The maximum Gasteiger partial charge on any atom is 0.290 e. The summed E-state index contributed by atoms with van der Waals surface area (Å²) in [5, 5.41) is 3.80. The van der Waals surface area contributed by atoms with Gasteiger partial charge in [0.15, 0.2) is 0 Å². The van der Waals surface area contributed by atoms with Crippen LogP contribution in [0.15, 0.2) is 29.2 Å². The second-order valence-corrected chi connectivity index (χ2v) is 8.82. The number of amides is 4. The van der Waals surface area contributed by atoms with Crippen molar-refractivity contribution in [1.29, 1.82) is 0 Å². The molecule has 1 aliphatic carbocycles. The molecule has 0 radical (unpaired) electrons. The Hall–Kier alpha value is -2.26. The molecule has 2 heterocycles. The van der Waals surface area contributed by atoms with Crippen molar-refractivity contribution in [3.8, 4) is 5.75 Å². The molecule has 0 aromatic heterocycles. The van der Waals surface area contributed by atoms with Gasteiger partial charge in [0.2, 0.25) is 5.91 Å². The molecule has 2 N–H and O–H groups in total. The summed E-state index contributed by atoms with van der Waals surface area (Å²) >= 11 is 1.94. The van der Waals surface area contributed by atoms with Crippen molar-refractivity contribution in [1.82, 2.24) is 10.6 Å². The number of rotatable bonds is 4. The first-order chi connectivity index (χ1) is 14.0. The van der Waals surface area contributed by atoms with Gasteiger partial charge in [0.05, 0.1) is 17.3 Å².